The van der Waals surface area contributed by atoms with Crippen LogP contribution in [0.15, 0.2) is 0 Å². The van der Waals surface area contributed by atoms with Crippen LogP contribution in [0.3, 0.4) is 0 Å². The first-order valence-electron chi connectivity index (χ1n) is 1.09. The molecular weight excluding hydrogens is 161 g/mol. The number of halogens is 2. The Hall–Kier alpha value is 0.490. The predicted octanol–water partition coefficient (Wildman–Crippen LogP) is -0.424. The van der Waals surface area contributed by atoms with E-state index in [2.05, 4.69) is 0 Å². The molecule has 0 aromatic rings. The zero-order chi connectivity index (χ0) is 4.28. The van der Waals surface area contributed by atoms with E-state index in [1.807, 2.05) is 4.72 Å². The predicted molar refractivity (Wildman–Crippen MR) is 33.9 cm³/mol. The molecule has 0 fully saturated rings. The highest BCUT2D eigenvalue weighted by Gasteiger charge is 1.60. The molecule has 0 heterocycles. The van der Waals surface area contributed by atoms with E-state index in [4.69, 9.17) is 0 Å². The average molecular weight is 168 g/mol. The van der Waals surface area contributed by atoms with Gasteiger partial charge in [-0.05, 0) is 7.05 Å². The van der Waals surface area contributed by atoms with Crippen LogP contribution in [-0.2, 0) is 10.9 Å². The van der Waals surface area contributed by atoms with Gasteiger partial charge in [0.1, 0.15) is 0 Å². The lowest BCUT2D eigenvalue weighted by Crippen LogP contribution is -1.99. The normalized spacial score (nSPS) is 6.57. The topological polar surface area (TPSA) is 46.2 Å². The Balaban J connectivity index is -0.0000000800. The van der Waals surface area contributed by atoms with Crippen LogP contribution in [-0.4, -0.2) is 15.5 Å². The fourth-order valence-electron chi connectivity index (χ4n) is 0. The molecule has 0 unspecified atom stereocenters. The van der Waals surface area contributed by atoms with Crippen LogP contribution in [0.4, 0.5) is 0 Å². The van der Waals surface area contributed by atoms with Crippen molar-refractivity contribution in [3.63, 3.8) is 0 Å². The van der Waals surface area contributed by atoms with Crippen LogP contribution in [0.25, 0.3) is 0 Å². The van der Waals surface area contributed by atoms with Gasteiger partial charge in [-0.1, -0.05) is 0 Å². The molecule has 0 atom stereocenters. The minimum absolute atomic E-state index is 0. The quantitative estimate of drug-likeness (QED) is 0.522. The Kier molecular flexibility index (Phi) is 21.7. The third-order valence-electron chi connectivity index (χ3n) is 0.183. The molecule has 0 radical (unpaired) electrons. The fraction of sp³-hybridized carbons (Fsp3) is 1.00. The number of rotatable bonds is 1. The maximum Gasteiger partial charge on any atom is 0.201 e. The summed E-state index contributed by atoms with van der Waals surface area (Å²) >= 11 is 0. The van der Waals surface area contributed by atoms with Crippen LogP contribution in [0.2, 0.25) is 0 Å². The summed E-state index contributed by atoms with van der Waals surface area (Å²) in [5, 5.41) is 0. The van der Waals surface area contributed by atoms with Crippen LogP contribution in [0.5, 0.6) is 0 Å². The Bertz CT molecular complexity index is 73.8. The van der Waals surface area contributed by atoms with Crippen LogP contribution in [0, 0.1) is 0 Å². The molecular formula is CH7Cl2NO2S. The van der Waals surface area contributed by atoms with Crippen LogP contribution >= 0.6 is 24.8 Å². The number of hydrogen-bond acceptors (Lipinski definition) is 2. The molecule has 0 saturated carbocycles. The lowest BCUT2D eigenvalue weighted by Gasteiger charge is -1.67. The van der Waals surface area contributed by atoms with Crippen LogP contribution in [0.1, 0.15) is 0 Å². The van der Waals surface area contributed by atoms with Crippen LogP contribution < -0.4 is 4.72 Å². The molecule has 0 amide bonds. The minimum atomic E-state index is -2.35. The van der Waals surface area contributed by atoms with E-state index >= 15 is 0 Å². The van der Waals surface area contributed by atoms with E-state index < -0.39 is 10.9 Å². The van der Waals surface area contributed by atoms with E-state index in [1.54, 1.807) is 0 Å². The molecule has 0 aliphatic heterocycles. The molecule has 0 aromatic carbocycles. The van der Waals surface area contributed by atoms with Crippen molar-refractivity contribution in [2.45, 2.75) is 0 Å². The van der Waals surface area contributed by atoms with Gasteiger partial charge in [0.05, 0.1) is 0 Å². The molecule has 0 saturated heterocycles. The van der Waals surface area contributed by atoms with Gasteiger partial charge < -0.3 is 0 Å². The molecule has 1 N–H and O–H groups in total. The van der Waals surface area contributed by atoms with Gasteiger partial charge in [0.25, 0.3) is 0 Å². The van der Waals surface area contributed by atoms with Gasteiger partial charge in [0.2, 0.25) is 10.9 Å². The minimum Gasteiger partial charge on any atom is -0.221 e. The standard InChI is InChI=1S/CH5NO2S.2ClH/c1-2-5(3)4;;/h5H,1H3,(H,2,3,4);2*1H. The molecule has 0 rings (SSSR count). The monoisotopic (exact) mass is 167 g/mol. The Morgan fingerprint density at radius 3 is 1.43 bits per heavy atom. The second-order valence-corrected chi connectivity index (χ2v) is 1.44. The zero-order valence-corrected chi connectivity index (χ0v) is 6.11. The summed E-state index contributed by atoms with van der Waals surface area (Å²) in [4.78, 5) is 0. The largest absolute Gasteiger partial charge is 0.221 e. The van der Waals surface area contributed by atoms with Gasteiger partial charge in [-0.2, -0.15) is 0 Å². The Labute approximate surface area is 56.4 Å². The van der Waals surface area contributed by atoms with Crippen molar-refractivity contribution in [2.24, 2.45) is 0 Å². The van der Waals surface area contributed by atoms with Crippen molar-refractivity contribution in [1.29, 1.82) is 0 Å². The second-order valence-electron chi connectivity index (χ2n) is 0.481. The summed E-state index contributed by atoms with van der Waals surface area (Å²) in [5.41, 5.74) is 0. The third-order valence-corrected chi connectivity index (χ3v) is 0.548. The molecule has 0 aliphatic rings. The molecule has 0 bridgehead atoms. The molecule has 7 heavy (non-hydrogen) atoms. The van der Waals surface area contributed by atoms with Crippen molar-refractivity contribution in [3.8, 4) is 0 Å². The first kappa shape index (κ1) is 15.6. The second kappa shape index (κ2) is 9.70. The summed E-state index contributed by atoms with van der Waals surface area (Å²) in [6, 6.07) is 0. The zero-order valence-electron chi connectivity index (χ0n) is 3.58. The van der Waals surface area contributed by atoms with Crippen molar-refractivity contribution in [2.75, 3.05) is 7.05 Å². The summed E-state index contributed by atoms with van der Waals surface area (Å²) in [6.45, 7) is 0. The molecule has 3 nitrogen and oxygen atoms in total. The van der Waals surface area contributed by atoms with Gasteiger partial charge in [-0.25, -0.2) is 13.1 Å². The third kappa shape index (κ3) is 21.1. The summed E-state index contributed by atoms with van der Waals surface area (Å²) in [5.74, 6) is 0. The van der Waals surface area contributed by atoms with Gasteiger partial charge in [-0.15, -0.1) is 24.8 Å². The molecule has 0 aromatic heterocycles. The van der Waals surface area contributed by atoms with Crippen molar-refractivity contribution in [1.82, 2.24) is 4.72 Å². The summed E-state index contributed by atoms with van der Waals surface area (Å²) < 4.78 is 20.6. The molecule has 6 heteroatoms. The van der Waals surface area contributed by atoms with Crippen molar-refractivity contribution >= 4 is 35.7 Å². The Morgan fingerprint density at radius 2 is 1.43 bits per heavy atom. The lowest BCUT2D eigenvalue weighted by molar-refractivity contribution is 0.608. The number of thiol groups is 1. The highest BCUT2D eigenvalue weighted by molar-refractivity contribution is 7.70. The van der Waals surface area contributed by atoms with Gasteiger partial charge >= 0.3 is 0 Å². The van der Waals surface area contributed by atoms with E-state index in [9.17, 15) is 8.42 Å². The first-order chi connectivity index (χ1) is 2.27. The molecule has 48 valence electrons. The lowest BCUT2D eigenvalue weighted by atomic mass is 11.6. The highest BCUT2D eigenvalue weighted by atomic mass is 35.5. The molecule has 0 spiro atoms. The van der Waals surface area contributed by atoms with Gasteiger partial charge in [0, 0.05) is 0 Å². The van der Waals surface area contributed by atoms with E-state index in [0.29, 0.717) is 0 Å². The van der Waals surface area contributed by atoms with Crippen molar-refractivity contribution in [3.05, 3.63) is 0 Å². The number of nitrogens with one attached hydrogen (secondary N) is 1. The van der Waals surface area contributed by atoms with E-state index in [-0.39, 0.29) is 24.8 Å². The number of hydrogen-bond donors (Lipinski definition) is 2. The smallest absolute Gasteiger partial charge is 0.201 e. The average Bonchev–Trinajstić information content (AvgIpc) is 1.38. The maximum absolute atomic E-state index is 9.29. The van der Waals surface area contributed by atoms with E-state index in [1.165, 1.54) is 7.05 Å². The summed E-state index contributed by atoms with van der Waals surface area (Å²) in [7, 11) is -0.995. The fourth-order valence-corrected chi connectivity index (χ4v) is 0. The Morgan fingerprint density at radius 1 is 1.29 bits per heavy atom. The van der Waals surface area contributed by atoms with Crippen molar-refractivity contribution < 1.29 is 8.42 Å². The first-order valence-corrected chi connectivity index (χ1v) is 2.27. The summed E-state index contributed by atoms with van der Waals surface area (Å²) in [6.07, 6.45) is 0. The maximum atomic E-state index is 9.29. The van der Waals surface area contributed by atoms with Gasteiger partial charge in [-0.3, -0.25) is 0 Å². The van der Waals surface area contributed by atoms with Gasteiger partial charge in [0.15, 0.2) is 0 Å². The molecule has 0 aliphatic carbocycles. The highest BCUT2D eigenvalue weighted by Crippen LogP contribution is 1.33. The SMILES string of the molecule is CN[SH](=O)=O.Cl.Cl. The van der Waals surface area contributed by atoms with E-state index in [0.717, 1.165) is 0 Å².